The molecule has 0 amide bonds. The van der Waals surface area contributed by atoms with Gasteiger partial charge in [0.25, 0.3) is 0 Å². The summed E-state index contributed by atoms with van der Waals surface area (Å²) < 4.78 is 27.0. The van der Waals surface area contributed by atoms with Crippen LogP contribution in [0.25, 0.3) is 0 Å². The normalized spacial score (nSPS) is 12.4. The molecule has 2 N–H and O–H groups in total. The van der Waals surface area contributed by atoms with Gasteiger partial charge in [-0.2, -0.15) is 0 Å². The summed E-state index contributed by atoms with van der Waals surface area (Å²) in [6.07, 6.45) is 0.794. The Morgan fingerprint density at radius 3 is 2.14 bits per heavy atom. The van der Waals surface area contributed by atoms with Crippen molar-refractivity contribution >= 4 is 15.7 Å². The van der Waals surface area contributed by atoms with Crippen LogP contribution in [-0.2, 0) is 10.0 Å². The highest BCUT2D eigenvalue weighted by molar-refractivity contribution is 7.89. The Balaban J connectivity index is 3.11. The zero-order valence-corrected chi connectivity index (χ0v) is 14.7. The highest BCUT2D eigenvalue weighted by Gasteiger charge is 2.26. The molecule has 0 bridgehead atoms. The Bertz CT molecular complexity index is 610. The van der Waals surface area contributed by atoms with Gasteiger partial charge in [0.15, 0.2) is 0 Å². The van der Waals surface area contributed by atoms with E-state index in [9.17, 15) is 8.42 Å². The second-order valence-corrected chi connectivity index (χ2v) is 7.84. The molecule has 0 spiro atoms. The highest BCUT2D eigenvalue weighted by atomic mass is 32.2. The Kier molecular flexibility index (Phi) is 5.78. The van der Waals surface area contributed by atoms with Crippen LogP contribution in [0.5, 0.6) is 0 Å². The van der Waals surface area contributed by atoms with Crippen molar-refractivity contribution in [3.63, 3.8) is 0 Å². The van der Waals surface area contributed by atoms with Crippen molar-refractivity contribution in [2.75, 3.05) is 40.0 Å². The molecule has 0 heterocycles. The first kappa shape index (κ1) is 17.9. The number of benzene rings is 1. The zero-order valence-electron chi connectivity index (χ0n) is 13.9. The minimum atomic E-state index is -3.50. The molecule has 0 aliphatic heterocycles. The quantitative estimate of drug-likeness (QED) is 0.813. The van der Waals surface area contributed by atoms with E-state index in [0.29, 0.717) is 22.7 Å². The molecule has 21 heavy (non-hydrogen) atoms. The molecule has 1 aromatic rings. The number of sulfonamides is 1. The SMILES string of the molecule is Cc1cc(C)c(S(=O)(=O)N(C)CCCN(C)C)c(C)c1N. The zero-order chi connectivity index (χ0) is 16.4. The van der Waals surface area contributed by atoms with E-state index in [1.165, 1.54) is 4.31 Å². The van der Waals surface area contributed by atoms with E-state index in [-0.39, 0.29) is 0 Å². The van der Waals surface area contributed by atoms with Gasteiger partial charge in [0.2, 0.25) is 10.0 Å². The number of aryl methyl sites for hydroxylation is 2. The largest absolute Gasteiger partial charge is 0.398 e. The van der Waals surface area contributed by atoms with Crippen molar-refractivity contribution in [2.24, 2.45) is 0 Å². The maximum absolute atomic E-state index is 12.8. The number of anilines is 1. The predicted octanol–water partition coefficient (Wildman–Crippen LogP) is 1.77. The number of hydrogen-bond acceptors (Lipinski definition) is 4. The number of hydrogen-bond donors (Lipinski definition) is 1. The van der Waals surface area contributed by atoms with Crippen molar-refractivity contribution in [1.82, 2.24) is 9.21 Å². The number of rotatable bonds is 6. The van der Waals surface area contributed by atoms with Crippen molar-refractivity contribution in [3.05, 3.63) is 22.8 Å². The molecular weight excluding hydrogens is 286 g/mol. The number of nitrogens with zero attached hydrogens (tertiary/aromatic N) is 2. The third kappa shape index (κ3) is 3.96. The molecule has 1 rings (SSSR count). The third-order valence-electron chi connectivity index (χ3n) is 3.71. The number of nitrogens with two attached hydrogens (primary N) is 1. The van der Waals surface area contributed by atoms with Crippen LogP contribution in [0.15, 0.2) is 11.0 Å². The lowest BCUT2D eigenvalue weighted by molar-refractivity contribution is 0.370. The summed E-state index contributed by atoms with van der Waals surface area (Å²) in [5, 5.41) is 0. The molecule has 0 aromatic heterocycles. The van der Waals surface area contributed by atoms with Gasteiger partial charge in [0, 0.05) is 19.3 Å². The maximum Gasteiger partial charge on any atom is 0.243 e. The van der Waals surface area contributed by atoms with Gasteiger partial charge >= 0.3 is 0 Å². The lowest BCUT2D eigenvalue weighted by Crippen LogP contribution is -2.31. The molecule has 0 aliphatic rings. The van der Waals surface area contributed by atoms with E-state index in [0.717, 1.165) is 24.1 Å². The van der Waals surface area contributed by atoms with E-state index in [4.69, 9.17) is 5.73 Å². The Hall–Kier alpha value is -1.11. The smallest absolute Gasteiger partial charge is 0.243 e. The fourth-order valence-electron chi connectivity index (χ4n) is 2.46. The first-order valence-electron chi connectivity index (χ1n) is 7.06. The molecule has 5 nitrogen and oxygen atoms in total. The molecule has 0 fully saturated rings. The maximum atomic E-state index is 12.8. The van der Waals surface area contributed by atoms with Gasteiger partial charge in [-0.1, -0.05) is 6.07 Å². The molecule has 120 valence electrons. The average Bonchev–Trinajstić information content (AvgIpc) is 2.35. The summed E-state index contributed by atoms with van der Waals surface area (Å²) in [7, 11) is 2.07. The second kappa shape index (κ2) is 6.77. The summed E-state index contributed by atoms with van der Waals surface area (Å²) in [6, 6.07) is 1.84. The lowest BCUT2D eigenvalue weighted by Gasteiger charge is -2.22. The monoisotopic (exact) mass is 313 g/mol. The first-order valence-corrected chi connectivity index (χ1v) is 8.50. The minimum Gasteiger partial charge on any atom is -0.398 e. The van der Waals surface area contributed by atoms with E-state index in [1.807, 2.05) is 38.9 Å². The van der Waals surface area contributed by atoms with Gasteiger partial charge in [-0.15, -0.1) is 0 Å². The molecule has 0 unspecified atom stereocenters. The Morgan fingerprint density at radius 1 is 1.05 bits per heavy atom. The van der Waals surface area contributed by atoms with Crippen LogP contribution >= 0.6 is 0 Å². The van der Waals surface area contributed by atoms with Crippen molar-refractivity contribution in [2.45, 2.75) is 32.1 Å². The van der Waals surface area contributed by atoms with Gasteiger partial charge in [0.05, 0.1) is 4.90 Å². The molecule has 0 saturated carbocycles. The summed E-state index contributed by atoms with van der Waals surface area (Å²) in [4.78, 5) is 2.39. The van der Waals surface area contributed by atoms with Crippen molar-refractivity contribution < 1.29 is 8.42 Å². The molecule has 0 saturated heterocycles. The topological polar surface area (TPSA) is 66.6 Å². The second-order valence-electron chi connectivity index (χ2n) is 5.86. The third-order valence-corrected chi connectivity index (χ3v) is 5.85. The molecule has 0 radical (unpaired) electrons. The summed E-state index contributed by atoms with van der Waals surface area (Å²) in [5.74, 6) is 0. The van der Waals surface area contributed by atoms with E-state index >= 15 is 0 Å². The lowest BCUT2D eigenvalue weighted by atomic mass is 10.1. The van der Waals surface area contributed by atoms with Crippen LogP contribution in [0.1, 0.15) is 23.1 Å². The molecule has 0 atom stereocenters. The minimum absolute atomic E-state index is 0.345. The Labute approximate surface area is 128 Å². The van der Waals surface area contributed by atoms with Gasteiger partial charge in [-0.3, -0.25) is 0 Å². The standard InChI is InChI=1S/C15H27N3O2S/c1-11-10-12(2)15(13(3)14(11)16)21(19,20)18(6)9-7-8-17(4)5/h10H,7-9,16H2,1-6H3. The van der Waals surface area contributed by atoms with Crippen LogP contribution in [0.2, 0.25) is 0 Å². The first-order chi connectivity index (χ1) is 9.59. The average molecular weight is 313 g/mol. The van der Waals surface area contributed by atoms with Gasteiger partial charge in [0.1, 0.15) is 0 Å². The van der Waals surface area contributed by atoms with Crippen LogP contribution in [0.3, 0.4) is 0 Å². The van der Waals surface area contributed by atoms with E-state index < -0.39 is 10.0 Å². The van der Waals surface area contributed by atoms with Crippen LogP contribution < -0.4 is 5.73 Å². The predicted molar refractivity (Wildman–Crippen MR) is 88.1 cm³/mol. The van der Waals surface area contributed by atoms with Crippen LogP contribution in [0.4, 0.5) is 5.69 Å². The number of nitrogen functional groups attached to an aromatic ring is 1. The van der Waals surface area contributed by atoms with Crippen LogP contribution in [-0.4, -0.2) is 51.9 Å². The van der Waals surface area contributed by atoms with Gasteiger partial charge in [-0.05, 0) is 64.5 Å². The van der Waals surface area contributed by atoms with Gasteiger partial charge < -0.3 is 10.6 Å². The van der Waals surface area contributed by atoms with E-state index in [2.05, 4.69) is 0 Å². The van der Waals surface area contributed by atoms with Crippen LogP contribution in [0, 0.1) is 20.8 Å². The summed E-state index contributed by atoms with van der Waals surface area (Å²) in [6.45, 7) is 6.84. The summed E-state index contributed by atoms with van der Waals surface area (Å²) >= 11 is 0. The van der Waals surface area contributed by atoms with Crippen molar-refractivity contribution in [1.29, 1.82) is 0 Å². The Morgan fingerprint density at radius 2 is 1.62 bits per heavy atom. The molecule has 6 heteroatoms. The molecule has 0 aliphatic carbocycles. The highest BCUT2D eigenvalue weighted by Crippen LogP contribution is 2.29. The summed E-state index contributed by atoms with van der Waals surface area (Å²) in [5.41, 5.74) is 8.87. The fourth-order valence-corrected chi connectivity index (χ4v) is 4.11. The van der Waals surface area contributed by atoms with E-state index in [1.54, 1.807) is 14.0 Å². The fraction of sp³-hybridized carbons (Fsp3) is 0.600. The van der Waals surface area contributed by atoms with Gasteiger partial charge in [-0.25, -0.2) is 12.7 Å². The molecular formula is C15H27N3O2S. The molecule has 1 aromatic carbocycles. The van der Waals surface area contributed by atoms with Crippen molar-refractivity contribution in [3.8, 4) is 0 Å².